The second-order valence-electron chi connectivity index (χ2n) is 6.61. The minimum atomic E-state index is -0.270. The molecule has 8 nitrogen and oxygen atoms in total. The van der Waals surface area contributed by atoms with E-state index in [0.29, 0.717) is 4.48 Å². The van der Waals surface area contributed by atoms with E-state index in [1.54, 1.807) is 12.4 Å². The fraction of sp³-hybridized carbons (Fsp3) is 0.294. The number of pyridine rings is 1. The van der Waals surface area contributed by atoms with Crippen molar-refractivity contribution < 1.29 is 4.79 Å². The Kier molecular flexibility index (Phi) is 3.43. The van der Waals surface area contributed by atoms with Gasteiger partial charge >= 0.3 is 0 Å². The van der Waals surface area contributed by atoms with E-state index in [0.717, 1.165) is 47.4 Å². The second kappa shape index (κ2) is 5.52. The summed E-state index contributed by atoms with van der Waals surface area (Å²) in [7, 11) is 2.06. The molecule has 8 heteroatoms. The molecule has 0 spiro atoms. The van der Waals surface area contributed by atoms with Crippen LogP contribution >= 0.6 is 0 Å². The molecule has 25 heavy (non-hydrogen) atoms. The van der Waals surface area contributed by atoms with Crippen molar-refractivity contribution in [3.63, 3.8) is 0 Å². The van der Waals surface area contributed by atoms with Gasteiger partial charge < -0.3 is 16.5 Å². The highest BCUT2D eigenvalue weighted by atomic mass is 16.1. The Morgan fingerprint density at radius 1 is 1.32 bits per heavy atom. The van der Waals surface area contributed by atoms with Gasteiger partial charge in [0.15, 0.2) is 6.04 Å². The van der Waals surface area contributed by atoms with Crippen molar-refractivity contribution in [3.8, 4) is 11.3 Å². The van der Waals surface area contributed by atoms with Crippen LogP contribution in [0.4, 0.5) is 11.6 Å². The van der Waals surface area contributed by atoms with Crippen LogP contribution in [0.25, 0.3) is 22.3 Å². The number of likely N-dealkylation sites (tertiary alicyclic amines) is 1. The maximum absolute atomic E-state index is 12.0. The molecule has 2 atom stereocenters. The topological polar surface area (TPSA) is 124 Å². The smallest absolute Gasteiger partial charge is 0.276 e. The Balaban J connectivity index is 1.97. The number of fused-ring (bicyclic) bond motifs is 1. The minimum Gasteiger partial charge on any atom is -0.368 e. The van der Waals surface area contributed by atoms with Crippen LogP contribution in [0.1, 0.15) is 12.8 Å². The van der Waals surface area contributed by atoms with Crippen LogP contribution in [-0.2, 0) is 4.79 Å². The fourth-order valence-electron chi connectivity index (χ4n) is 3.96. The Hall–Kier alpha value is -3.00. The summed E-state index contributed by atoms with van der Waals surface area (Å²) in [4.78, 5) is 27.9. The molecule has 1 saturated heterocycles. The monoisotopic (exact) mass is 338 g/mol. The van der Waals surface area contributed by atoms with E-state index in [2.05, 4.69) is 27.0 Å². The summed E-state index contributed by atoms with van der Waals surface area (Å²) in [5.41, 5.74) is 14.8. The second-order valence-corrected chi connectivity index (χ2v) is 6.61. The number of primary amides is 1. The van der Waals surface area contributed by atoms with E-state index < -0.39 is 0 Å². The first-order valence-corrected chi connectivity index (χ1v) is 8.21. The van der Waals surface area contributed by atoms with E-state index in [1.807, 2.05) is 18.3 Å². The number of nitrogens with zero attached hydrogens (tertiary/aromatic N) is 4. The van der Waals surface area contributed by atoms with Crippen LogP contribution in [-0.4, -0.2) is 45.5 Å². The quantitative estimate of drug-likeness (QED) is 0.619. The molecule has 5 N–H and O–H groups in total. The third-order valence-electron chi connectivity index (χ3n) is 5.17. The molecule has 1 unspecified atom stereocenters. The molecule has 1 aliphatic rings. The van der Waals surface area contributed by atoms with E-state index in [-0.39, 0.29) is 17.9 Å². The predicted molar refractivity (Wildman–Crippen MR) is 96.3 cm³/mol. The Morgan fingerprint density at radius 2 is 2.12 bits per heavy atom. The largest absolute Gasteiger partial charge is 0.368 e. The van der Waals surface area contributed by atoms with Crippen molar-refractivity contribution in [1.82, 2.24) is 24.4 Å². The van der Waals surface area contributed by atoms with Gasteiger partial charge in [0.05, 0.1) is 24.7 Å². The van der Waals surface area contributed by atoms with Gasteiger partial charge in [0.25, 0.3) is 5.91 Å². The summed E-state index contributed by atoms with van der Waals surface area (Å²) in [5.74, 6) is -0.0535. The van der Waals surface area contributed by atoms with E-state index in [9.17, 15) is 4.79 Å². The highest BCUT2D eigenvalue weighted by Crippen LogP contribution is 2.40. The number of anilines is 1. The average molecular weight is 338 g/mol. The van der Waals surface area contributed by atoms with Gasteiger partial charge in [-0.1, -0.05) is 0 Å². The third-order valence-corrected chi connectivity index (χ3v) is 5.17. The minimum absolute atomic E-state index is 0.217. The number of H-pyrrole nitrogens is 1. The highest BCUT2D eigenvalue weighted by Gasteiger charge is 2.45. The molecular weight excluding hydrogens is 318 g/mol. The van der Waals surface area contributed by atoms with Gasteiger partial charge in [-0.2, -0.15) is 0 Å². The molecule has 0 aromatic carbocycles. The number of hydrogen-bond acceptors (Lipinski definition) is 5. The lowest BCUT2D eigenvalue weighted by Crippen LogP contribution is -2.55. The molecule has 0 aliphatic carbocycles. The summed E-state index contributed by atoms with van der Waals surface area (Å²) in [6.45, 7) is 0.850. The average Bonchev–Trinajstić information content (AvgIpc) is 3.19. The lowest BCUT2D eigenvalue weighted by atomic mass is 10.1. The van der Waals surface area contributed by atoms with Crippen LogP contribution in [0.15, 0.2) is 30.7 Å². The molecule has 4 heterocycles. The molecule has 0 saturated carbocycles. The Bertz CT molecular complexity index is 967. The Labute approximate surface area is 144 Å². The van der Waals surface area contributed by atoms with E-state index in [1.165, 1.54) is 0 Å². The van der Waals surface area contributed by atoms with Gasteiger partial charge in [-0.05, 0) is 6.07 Å². The number of nitrogen functional groups attached to an aromatic ring is 1. The number of likely N-dealkylation sites (N-methyl/N-ethyl adjacent to an activating group) is 1. The molecule has 1 aliphatic heterocycles. The first-order chi connectivity index (χ1) is 12.0. The molecule has 1 fully saturated rings. The van der Waals surface area contributed by atoms with Gasteiger partial charge in [-0.25, -0.2) is 15.0 Å². The number of nitrogens with one attached hydrogen (secondary N) is 1. The lowest BCUT2D eigenvalue weighted by molar-refractivity contribution is -0.121. The van der Waals surface area contributed by atoms with Crippen LogP contribution in [0.5, 0.6) is 0 Å². The number of amides is 1. The van der Waals surface area contributed by atoms with Crippen LogP contribution in [0.2, 0.25) is 0 Å². The van der Waals surface area contributed by atoms with Crippen molar-refractivity contribution in [3.05, 3.63) is 30.7 Å². The first-order valence-electron chi connectivity index (χ1n) is 8.21. The molecular formula is C17H20N7O+. The first kappa shape index (κ1) is 15.5. The van der Waals surface area contributed by atoms with Gasteiger partial charge in [0, 0.05) is 43.1 Å². The van der Waals surface area contributed by atoms with E-state index in [4.69, 9.17) is 11.5 Å². The summed E-state index contributed by atoms with van der Waals surface area (Å²) in [5, 5.41) is 0.941. The van der Waals surface area contributed by atoms with Crippen molar-refractivity contribution in [2.75, 3.05) is 19.3 Å². The molecule has 3 aromatic heterocycles. The number of aromatic amines is 1. The molecule has 128 valence electrons. The maximum atomic E-state index is 12.0. The molecule has 0 bridgehead atoms. The van der Waals surface area contributed by atoms with Gasteiger partial charge in [-0.3, -0.25) is 9.28 Å². The zero-order chi connectivity index (χ0) is 17.6. The highest BCUT2D eigenvalue weighted by molar-refractivity contribution is 6.02. The summed E-state index contributed by atoms with van der Waals surface area (Å²) in [6, 6.07) is 3.53. The van der Waals surface area contributed by atoms with Crippen molar-refractivity contribution in [2.45, 2.75) is 18.9 Å². The summed E-state index contributed by atoms with van der Waals surface area (Å²) >= 11 is 0. The van der Waals surface area contributed by atoms with Crippen LogP contribution in [0.3, 0.4) is 0 Å². The number of carbonyl (C=O) groups is 1. The molecule has 0 radical (unpaired) electrons. The normalized spacial score (nSPS) is 23.2. The van der Waals surface area contributed by atoms with E-state index >= 15 is 0 Å². The number of nitrogens with two attached hydrogens (primary N) is 2. The number of aromatic nitrogens is 4. The molecule has 4 rings (SSSR count). The lowest BCUT2D eigenvalue weighted by Gasteiger charge is -2.34. The number of carbonyl (C=O) groups excluding carboxylic acids is 1. The number of quaternary nitrogens is 1. The van der Waals surface area contributed by atoms with Crippen LogP contribution < -0.4 is 16.0 Å². The van der Waals surface area contributed by atoms with Gasteiger partial charge in [0.2, 0.25) is 5.95 Å². The van der Waals surface area contributed by atoms with Gasteiger partial charge in [-0.15, -0.1) is 0 Å². The zero-order valence-corrected chi connectivity index (χ0v) is 13.9. The summed E-state index contributed by atoms with van der Waals surface area (Å²) < 4.78 is 0.472. The number of hydrogen-bond donors (Lipinski definition) is 3. The Morgan fingerprint density at radius 3 is 2.88 bits per heavy atom. The molecule has 3 aromatic rings. The third kappa shape index (κ3) is 2.33. The maximum Gasteiger partial charge on any atom is 0.276 e. The zero-order valence-electron chi connectivity index (χ0n) is 13.9. The van der Waals surface area contributed by atoms with Crippen LogP contribution in [0, 0.1) is 0 Å². The van der Waals surface area contributed by atoms with Crippen molar-refractivity contribution >= 4 is 28.6 Å². The molecule has 1 amide bonds. The fourth-order valence-corrected chi connectivity index (χ4v) is 3.96. The van der Waals surface area contributed by atoms with Crippen molar-refractivity contribution in [1.29, 1.82) is 0 Å². The SMILES string of the molecule is C[N+]1(c2ccnc3[nH]cc(-c4ccnc(N)n4)c23)CCC[C@H]1C(N)=O. The van der Waals surface area contributed by atoms with Crippen molar-refractivity contribution in [2.24, 2.45) is 5.73 Å². The summed E-state index contributed by atoms with van der Waals surface area (Å²) in [6.07, 6.45) is 6.99. The van der Waals surface area contributed by atoms with Gasteiger partial charge in [0.1, 0.15) is 11.3 Å². The predicted octanol–water partition coefficient (Wildman–Crippen LogP) is 1.19. The number of rotatable bonds is 3. The standard InChI is InChI=1S/C17H19N7O/c1-24(8-2-3-13(24)15(18)25)12-5-7-20-16-14(12)10(9-22-16)11-4-6-21-17(19)23-11/h4-7,9,13H,2-3,8H2,1H3,(H4-,18,19,20,21,22,23,25)/p+1/t13-,24?/m0/s1.